The van der Waals surface area contributed by atoms with Gasteiger partial charge in [-0.05, 0) is 37.3 Å². The molecule has 0 atom stereocenters. The Morgan fingerprint density at radius 1 is 1.05 bits per heavy atom. The number of carbonyl (C=O) groups is 2. The van der Waals surface area contributed by atoms with E-state index in [0.29, 0.717) is 27.0 Å². The Morgan fingerprint density at radius 3 is 2.32 bits per heavy atom. The van der Waals surface area contributed by atoms with Gasteiger partial charge in [0.1, 0.15) is 0 Å². The molecule has 0 radical (unpaired) electrons. The number of rotatable bonds is 5. The second-order valence-corrected chi connectivity index (χ2v) is 5.53. The summed E-state index contributed by atoms with van der Waals surface area (Å²) in [7, 11) is 0. The minimum atomic E-state index is -0.273. The molecule has 2 aromatic rings. The van der Waals surface area contributed by atoms with Crippen molar-refractivity contribution in [3.05, 3.63) is 58.1 Å². The van der Waals surface area contributed by atoms with Crippen LogP contribution in [-0.4, -0.2) is 18.2 Å². The van der Waals surface area contributed by atoms with Crippen LogP contribution < -0.4 is 10.6 Å². The average molecular weight is 337 g/mol. The minimum absolute atomic E-state index is 0.0307. The number of para-hydroxylation sites is 1. The molecule has 4 nitrogen and oxygen atoms in total. The molecule has 2 aromatic carbocycles. The third-order valence-electron chi connectivity index (χ3n) is 2.90. The van der Waals surface area contributed by atoms with Crippen LogP contribution in [0, 0.1) is 0 Å². The average Bonchev–Trinajstić information content (AvgIpc) is 2.44. The zero-order valence-electron chi connectivity index (χ0n) is 11.8. The summed E-state index contributed by atoms with van der Waals surface area (Å²) >= 11 is 11.8. The highest BCUT2D eigenvalue weighted by Gasteiger charge is 2.09. The van der Waals surface area contributed by atoms with Crippen molar-refractivity contribution in [3.63, 3.8) is 0 Å². The zero-order chi connectivity index (χ0) is 16.1. The third kappa shape index (κ3) is 4.48. The van der Waals surface area contributed by atoms with Crippen molar-refractivity contribution in [3.8, 4) is 0 Å². The van der Waals surface area contributed by atoms with Crippen molar-refractivity contribution in [1.29, 1.82) is 0 Å². The van der Waals surface area contributed by atoms with Gasteiger partial charge in [-0.25, -0.2) is 0 Å². The maximum absolute atomic E-state index is 12.0. The first-order chi connectivity index (χ1) is 10.5. The van der Waals surface area contributed by atoms with Gasteiger partial charge in [0.25, 0.3) is 0 Å². The molecule has 0 aliphatic heterocycles. The number of Topliss-reactive ketones (excluding diaryl/α,β-unsaturated/α-hetero) is 1. The lowest BCUT2D eigenvalue weighted by molar-refractivity contribution is -0.114. The van der Waals surface area contributed by atoms with E-state index < -0.39 is 0 Å². The molecule has 6 heteroatoms. The van der Waals surface area contributed by atoms with Crippen LogP contribution in [0.4, 0.5) is 11.4 Å². The first-order valence-electron chi connectivity index (χ1n) is 6.55. The van der Waals surface area contributed by atoms with Crippen LogP contribution in [0.2, 0.25) is 10.0 Å². The summed E-state index contributed by atoms with van der Waals surface area (Å²) in [5.74, 6) is -0.379. The number of hydrogen-bond donors (Lipinski definition) is 2. The second kappa shape index (κ2) is 7.29. The fraction of sp³-hybridized carbons (Fsp3) is 0.125. The molecular weight excluding hydrogens is 323 g/mol. The summed E-state index contributed by atoms with van der Waals surface area (Å²) in [6.07, 6.45) is 0. The van der Waals surface area contributed by atoms with Crippen LogP contribution >= 0.6 is 23.2 Å². The van der Waals surface area contributed by atoms with E-state index in [1.165, 1.54) is 6.92 Å². The van der Waals surface area contributed by atoms with Gasteiger partial charge in [-0.3, -0.25) is 9.59 Å². The predicted molar refractivity (Wildman–Crippen MR) is 90.0 cm³/mol. The fourth-order valence-corrected chi connectivity index (χ4v) is 2.46. The maximum Gasteiger partial charge on any atom is 0.243 e. The van der Waals surface area contributed by atoms with E-state index in [0.717, 1.165) is 0 Å². The molecule has 0 aromatic heterocycles. The monoisotopic (exact) mass is 336 g/mol. The molecule has 0 bridgehead atoms. The molecule has 0 saturated heterocycles. The van der Waals surface area contributed by atoms with E-state index in [2.05, 4.69) is 10.6 Å². The Bertz CT molecular complexity index is 697. The van der Waals surface area contributed by atoms with Crippen LogP contribution in [0.25, 0.3) is 0 Å². The summed E-state index contributed by atoms with van der Waals surface area (Å²) < 4.78 is 0. The molecule has 22 heavy (non-hydrogen) atoms. The minimum Gasteiger partial charge on any atom is -0.376 e. The summed E-state index contributed by atoms with van der Waals surface area (Å²) in [5.41, 5.74) is 1.61. The Morgan fingerprint density at radius 2 is 1.68 bits per heavy atom. The van der Waals surface area contributed by atoms with E-state index in [9.17, 15) is 9.59 Å². The van der Waals surface area contributed by atoms with E-state index >= 15 is 0 Å². The first-order valence-corrected chi connectivity index (χ1v) is 7.31. The highest BCUT2D eigenvalue weighted by molar-refractivity contribution is 6.35. The smallest absolute Gasteiger partial charge is 0.243 e. The van der Waals surface area contributed by atoms with Gasteiger partial charge in [0.2, 0.25) is 5.91 Å². The largest absolute Gasteiger partial charge is 0.376 e. The van der Waals surface area contributed by atoms with Crippen molar-refractivity contribution in [2.24, 2.45) is 0 Å². The summed E-state index contributed by atoms with van der Waals surface area (Å²) in [6, 6.07) is 11.8. The molecule has 0 spiro atoms. The van der Waals surface area contributed by atoms with E-state index in [4.69, 9.17) is 23.2 Å². The number of halogens is 2. The Hall–Kier alpha value is -2.04. The lowest BCUT2D eigenvalue weighted by atomic mass is 10.1. The number of carbonyl (C=O) groups excluding carboxylic acids is 2. The van der Waals surface area contributed by atoms with Crippen molar-refractivity contribution >= 4 is 46.3 Å². The number of nitrogens with one attached hydrogen (secondary N) is 2. The van der Waals surface area contributed by atoms with Gasteiger partial charge in [0.05, 0.1) is 12.2 Å². The third-order valence-corrected chi connectivity index (χ3v) is 3.33. The van der Waals surface area contributed by atoms with Crippen LogP contribution in [-0.2, 0) is 4.79 Å². The summed E-state index contributed by atoms with van der Waals surface area (Å²) in [5, 5.41) is 6.60. The molecule has 0 aliphatic rings. The van der Waals surface area contributed by atoms with E-state index in [1.54, 1.807) is 42.5 Å². The van der Waals surface area contributed by atoms with E-state index in [1.807, 2.05) is 0 Å². The molecule has 0 aliphatic carbocycles. The van der Waals surface area contributed by atoms with Gasteiger partial charge in [-0.2, -0.15) is 0 Å². The standard InChI is InChI=1S/C16H14Cl2N2O2/c1-10(21)14-4-2-3-5-15(14)20-16(22)9-19-13-7-11(17)6-12(18)8-13/h2-8,19H,9H2,1H3,(H,20,22). The molecule has 0 fully saturated rings. The molecule has 2 rings (SSSR count). The first kappa shape index (κ1) is 16.3. The number of ketones is 1. The Kier molecular flexibility index (Phi) is 5.41. The molecule has 2 N–H and O–H groups in total. The number of anilines is 2. The highest BCUT2D eigenvalue weighted by atomic mass is 35.5. The lowest BCUT2D eigenvalue weighted by Crippen LogP contribution is -2.22. The molecule has 0 unspecified atom stereocenters. The van der Waals surface area contributed by atoms with E-state index in [-0.39, 0.29) is 18.2 Å². The Balaban J connectivity index is 2.00. The SMILES string of the molecule is CC(=O)c1ccccc1NC(=O)CNc1cc(Cl)cc(Cl)c1. The normalized spacial score (nSPS) is 10.1. The molecule has 114 valence electrons. The van der Waals surface area contributed by atoms with Crippen molar-refractivity contribution in [2.45, 2.75) is 6.92 Å². The predicted octanol–water partition coefficient (Wildman–Crippen LogP) is 4.25. The fourth-order valence-electron chi connectivity index (χ4n) is 1.93. The number of benzene rings is 2. The van der Waals surface area contributed by atoms with Gasteiger partial charge < -0.3 is 10.6 Å². The lowest BCUT2D eigenvalue weighted by Gasteiger charge is -2.10. The van der Waals surface area contributed by atoms with Crippen LogP contribution in [0.5, 0.6) is 0 Å². The quantitative estimate of drug-likeness (QED) is 0.802. The summed E-state index contributed by atoms with van der Waals surface area (Å²) in [6.45, 7) is 1.49. The van der Waals surface area contributed by atoms with Gasteiger partial charge in [0, 0.05) is 21.3 Å². The number of hydrogen-bond acceptors (Lipinski definition) is 3. The van der Waals surface area contributed by atoms with Crippen molar-refractivity contribution in [2.75, 3.05) is 17.2 Å². The van der Waals surface area contributed by atoms with Gasteiger partial charge >= 0.3 is 0 Å². The molecular formula is C16H14Cl2N2O2. The van der Waals surface area contributed by atoms with Gasteiger partial charge in [-0.1, -0.05) is 35.3 Å². The van der Waals surface area contributed by atoms with Crippen LogP contribution in [0.3, 0.4) is 0 Å². The van der Waals surface area contributed by atoms with Crippen LogP contribution in [0.15, 0.2) is 42.5 Å². The maximum atomic E-state index is 12.0. The van der Waals surface area contributed by atoms with Gasteiger partial charge in [0.15, 0.2) is 5.78 Å². The van der Waals surface area contributed by atoms with Crippen LogP contribution in [0.1, 0.15) is 17.3 Å². The van der Waals surface area contributed by atoms with Crippen molar-refractivity contribution in [1.82, 2.24) is 0 Å². The second-order valence-electron chi connectivity index (χ2n) is 4.66. The van der Waals surface area contributed by atoms with Gasteiger partial charge in [-0.15, -0.1) is 0 Å². The molecule has 0 saturated carbocycles. The Labute approximate surface area is 138 Å². The molecule has 0 heterocycles. The highest BCUT2D eigenvalue weighted by Crippen LogP contribution is 2.22. The topological polar surface area (TPSA) is 58.2 Å². The molecule has 1 amide bonds. The summed E-state index contributed by atoms with van der Waals surface area (Å²) in [4.78, 5) is 23.5. The van der Waals surface area contributed by atoms with Crippen molar-refractivity contribution < 1.29 is 9.59 Å². The zero-order valence-corrected chi connectivity index (χ0v) is 13.3. The number of amides is 1.